The fraction of sp³-hybridized carbons (Fsp3) is 0.467. The summed E-state index contributed by atoms with van der Waals surface area (Å²) < 4.78 is 12.8. The van der Waals surface area contributed by atoms with E-state index in [0.29, 0.717) is 23.0 Å². The highest BCUT2D eigenvalue weighted by atomic mass is 35.5. The van der Waals surface area contributed by atoms with Crippen LogP contribution in [0.5, 0.6) is 0 Å². The van der Waals surface area contributed by atoms with Gasteiger partial charge in [0.2, 0.25) is 0 Å². The maximum atomic E-state index is 12.8. The first-order chi connectivity index (χ1) is 10.4. The van der Waals surface area contributed by atoms with Crippen LogP contribution in [0.3, 0.4) is 0 Å². The van der Waals surface area contributed by atoms with E-state index < -0.39 is 31.0 Å². The Morgan fingerprint density at radius 2 is 1.82 bits per heavy atom. The molecule has 2 rings (SSSR count). The van der Waals surface area contributed by atoms with Gasteiger partial charge in [-0.15, -0.1) is 0 Å². The van der Waals surface area contributed by atoms with E-state index in [-0.39, 0.29) is 5.57 Å². The van der Waals surface area contributed by atoms with Crippen molar-refractivity contribution in [3.63, 3.8) is 0 Å². The molecule has 7 heteroatoms. The molecule has 22 heavy (non-hydrogen) atoms. The molecule has 0 unspecified atom stereocenters. The van der Waals surface area contributed by atoms with Crippen molar-refractivity contribution in [1.29, 1.82) is 0 Å². The molecule has 0 bridgehead atoms. The van der Waals surface area contributed by atoms with Crippen molar-refractivity contribution < 1.29 is 19.7 Å². The summed E-state index contributed by atoms with van der Waals surface area (Å²) in [5.41, 5.74) is 1.03. The second-order valence-electron chi connectivity index (χ2n) is 5.28. The molecule has 0 aliphatic heterocycles. The van der Waals surface area contributed by atoms with Gasteiger partial charge in [-0.2, -0.15) is 0 Å². The summed E-state index contributed by atoms with van der Waals surface area (Å²) in [5.74, 6) is 0. The molecule has 0 radical (unpaired) electrons. The monoisotopic (exact) mass is 349 g/mol. The molecule has 1 aliphatic rings. The summed E-state index contributed by atoms with van der Waals surface area (Å²) in [6.07, 6.45) is -1.92. The number of hydrogen-bond donors (Lipinski definition) is 4. The molecule has 1 aromatic rings. The first-order valence-electron chi connectivity index (χ1n) is 6.92. The van der Waals surface area contributed by atoms with Gasteiger partial charge >= 0.3 is 0 Å². The van der Waals surface area contributed by atoms with Gasteiger partial charge < -0.3 is 20.6 Å². The van der Waals surface area contributed by atoms with Gasteiger partial charge in [0.05, 0.1) is 16.1 Å². The minimum Gasteiger partial charge on any atom is -0.388 e. The van der Waals surface area contributed by atoms with E-state index in [1.165, 1.54) is 6.08 Å². The number of halogens is 3. The molecular weight excluding hydrogens is 332 g/mol. The minimum absolute atomic E-state index is 0.0739. The number of hydrogen-bond acceptors (Lipinski definition) is 4. The highest BCUT2D eigenvalue weighted by Gasteiger charge is 2.36. The second-order valence-corrected chi connectivity index (χ2v) is 6.09. The molecule has 4 N–H and O–H groups in total. The maximum absolute atomic E-state index is 12.8. The Hall–Kier alpha value is -0.690. The van der Waals surface area contributed by atoms with Crippen molar-refractivity contribution in [2.24, 2.45) is 0 Å². The summed E-state index contributed by atoms with van der Waals surface area (Å²) in [6.45, 7) is -0.380. The van der Waals surface area contributed by atoms with Gasteiger partial charge in [-0.1, -0.05) is 35.3 Å². The Kier molecular flexibility index (Phi) is 6.20. The summed E-state index contributed by atoms with van der Waals surface area (Å²) in [5, 5.41) is 33.2. The van der Waals surface area contributed by atoms with Gasteiger partial charge in [0.1, 0.15) is 25.0 Å². The first kappa shape index (κ1) is 17.7. The smallest absolute Gasteiger partial charge is 0.113 e. The van der Waals surface area contributed by atoms with E-state index >= 15 is 0 Å². The van der Waals surface area contributed by atoms with Crippen LogP contribution in [0.4, 0.5) is 4.39 Å². The molecule has 4 atom stereocenters. The quantitative estimate of drug-likeness (QED) is 0.607. The van der Waals surface area contributed by atoms with Gasteiger partial charge in [-0.05, 0) is 36.2 Å². The lowest BCUT2D eigenvalue weighted by atomic mass is 9.88. The molecule has 0 spiro atoms. The number of aliphatic hydroxyl groups excluding tert-OH is 3. The molecule has 0 heterocycles. The van der Waals surface area contributed by atoms with Crippen LogP contribution in [0.15, 0.2) is 29.8 Å². The average molecular weight is 350 g/mol. The molecule has 4 nitrogen and oxygen atoms in total. The average Bonchev–Trinajstić information content (AvgIpc) is 2.51. The third kappa shape index (κ3) is 3.98. The van der Waals surface area contributed by atoms with E-state index in [1.807, 2.05) is 6.07 Å². The lowest BCUT2D eigenvalue weighted by Gasteiger charge is -2.34. The van der Waals surface area contributed by atoms with Crippen molar-refractivity contribution in [3.8, 4) is 0 Å². The van der Waals surface area contributed by atoms with Gasteiger partial charge in [0.25, 0.3) is 0 Å². The molecule has 0 saturated carbocycles. The maximum Gasteiger partial charge on any atom is 0.113 e. The molecule has 1 aliphatic carbocycles. The molecular formula is C15H18Cl2FNO3. The van der Waals surface area contributed by atoms with Crippen molar-refractivity contribution in [1.82, 2.24) is 5.32 Å². The molecule has 122 valence electrons. The van der Waals surface area contributed by atoms with Gasteiger partial charge in [-0.3, -0.25) is 0 Å². The van der Waals surface area contributed by atoms with Crippen LogP contribution in [-0.2, 0) is 6.42 Å². The lowest BCUT2D eigenvalue weighted by Crippen LogP contribution is -2.54. The number of alkyl halides is 1. The van der Waals surface area contributed by atoms with Crippen LogP contribution in [0.2, 0.25) is 10.0 Å². The zero-order valence-corrected chi connectivity index (χ0v) is 13.2. The fourth-order valence-electron chi connectivity index (χ4n) is 2.43. The Morgan fingerprint density at radius 1 is 1.09 bits per heavy atom. The molecule has 0 amide bonds. The van der Waals surface area contributed by atoms with Crippen molar-refractivity contribution >= 4 is 23.2 Å². The van der Waals surface area contributed by atoms with E-state index in [2.05, 4.69) is 5.32 Å². The number of benzene rings is 1. The van der Waals surface area contributed by atoms with E-state index in [0.717, 1.165) is 5.56 Å². The summed E-state index contributed by atoms with van der Waals surface area (Å²) >= 11 is 11.8. The number of aliphatic hydroxyl groups is 3. The lowest BCUT2D eigenvalue weighted by molar-refractivity contribution is -0.0628. The molecule has 1 aromatic carbocycles. The van der Waals surface area contributed by atoms with Gasteiger partial charge in [-0.25, -0.2) is 4.39 Å². The Bertz CT molecular complexity index is 556. The van der Waals surface area contributed by atoms with Gasteiger partial charge in [0.15, 0.2) is 0 Å². The molecule has 0 saturated heterocycles. The number of nitrogens with one attached hydrogen (secondary N) is 1. The predicted octanol–water partition coefficient (Wildman–Crippen LogP) is 1.49. The Labute approximate surface area is 138 Å². The highest BCUT2D eigenvalue weighted by Crippen LogP contribution is 2.23. The SMILES string of the molecule is O[C@@H]1[C@@H](O)[C@@H](O)C(CF)=C[C@H]1NCCc1ccc(Cl)c(Cl)c1. The standard InChI is InChI=1S/C15H18Cl2FNO3/c16-10-2-1-8(5-11(10)17)3-4-19-12-6-9(7-18)13(20)15(22)14(12)21/h1-2,5-6,12-15,19-22H,3-4,7H2/t12-,13+,14+,15+/m1/s1. The van der Waals surface area contributed by atoms with E-state index in [9.17, 15) is 19.7 Å². The third-order valence-electron chi connectivity index (χ3n) is 3.75. The van der Waals surface area contributed by atoms with E-state index in [1.54, 1.807) is 12.1 Å². The van der Waals surface area contributed by atoms with Crippen LogP contribution >= 0.6 is 23.2 Å². The van der Waals surface area contributed by atoms with Crippen LogP contribution < -0.4 is 5.32 Å². The van der Waals surface area contributed by atoms with Crippen LogP contribution in [0, 0.1) is 0 Å². The van der Waals surface area contributed by atoms with Crippen molar-refractivity contribution in [2.45, 2.75) is 30.8 Å². The second kappa shape index (κ2) is 7.73. The Morgan fingerprint density at radius 3 is 2.45 bits per heavy atom. The normalized spacial score (nSPS) is 28.5. The zero-order valence-electron chi connectivity index (χ0n) is 11.7. The van der Waals surface area contributed by atoms with Crippen LogP contribution in [0.1, 0.15) is 5.56 Å². The van der Waals surface area contributed by atoms with Gasteiger partial charge in [0, 0.05) is 0 Å². The topological polar surface area (TPSA) is 72.7 Å². The number of rotatable bonds is 5. The minimum atomic E-state index is -1.40. The van der Waals surface area contributed by atoms with Crippen LogP contribution in [0.25, 0.3) is 0 Å². The predicted molar refractivity (Wildman–Crippen MR) is 84.0 cm³/mol. The summed E-state index contributed by atoms with van der Waals surface area (Å²) in [4.78, 5) is 0. The van der Waals surface area contributed by atoms with E-state index in [4.69, 9.17) is 23.2 Å². The summed E-state index contributed by atoms with van der Waals surface area (Å²) in [7, 11) is 0. The third-order valence-corrected chi connectivity index (χ3v) is 4.49. The highest BCUT2D eigenvalue weighted by molar-refractivity contribution is 6.42. The van der Waals surface area contributed by atoms with Crippen molar-refractivity contribution in [2.75, 3.05) is 13.2 Å². The van der Waals surface area contributed by atoms with Crippen molar-refractivity contribution in [3.05, 3.63) is 45.5 Å². The zero-order chi connectivity index (χ0) is 16.3. The molecule has 0 aromatic heterocycles. The molecule has 0 fully saturated rings. The largest absolute Gasteiger partial charge is 0.388 e. The Balaban J connectivity index is 1.95. The first-order valence-corrected chi connectivity index (χ1v) is 7.67. The van der Waals surface area contributed by atoms with Crippen LogP contribution in [-0.4, -0.2) is 52.9 Å². The summed E-state index contributed by atoms with van der Waals surface area (Å²) in [6, 6.07) is 4.68. The fourth-order valence-corrected chi connectivity index (χ4v) is 2.75.